The molecule has 9 heteroatoms. The van der Waals surface area contributed by atoms with Crippen molar-refractivity contribution in [1.82, 2.24) is 20.1 Å². The molecule has 0 atom stereocenters. The number of hydrogen-bond donors (Lipinski definition) is 0. The standard InChI is InChI=1S/C19H18FN5O3/c20-15-4-2-13(3-5-15)17-23-16(24-28-17)12-27-18(26)14-6-10-25(11-7-14)19-21-8-1-9-22-19/h1-5,8-9,14H,6-7,10-12H2. The number of aromatic nitrogens is 4. The highest BCUT2D eigenvalue weighted by Gasteiger charge is 2.27. The van der Waals surface area contributed by atoms with Crippen molar-refractivity contribution in [1.29, 1.82) is 0 Å². The molecule has 0 unspecified atom stereocenters. The molecule has 1 fully saturated rings. The molecule has 3 heterocycles. The SMILES string of the molecule is O=C(OCc1noc(-c2ccc(F)cc2)n1)C1CCN(c2ncccn2)CC1. The number of anilines is 1. The molecule has 1 saturated heterocycles. The van der Waals surface area contributed by atoms with Crippen molar-refractivity contribution in [2.75, 3.05) is 18.0 Å². The highest BCUT2D eigenvalue weighted by molar-refractivity contribution is 5.72. The van der Waals surface area contributed by atoms with Crippen LogP contribution in [-0.4, -0.2) is 39.2 Å². The van der Waals surface area contributed by atoms with Crippen molar-refractivity contribution in [3.05, 3.63) is 54.4 Å². The van der Waals surface area contributed by atoms with Gasteiger partial charge in [0.2, 0.25) is 11.8 Å². The van der Waals surface area contributed by atoms with E-state index >= 15 is 0 Å². The summed E-state index contributed by atoms with van der Waals surface area (Å²) in [4.78, 5) is 27.0. The summed E-state index contributed by atoms with van der Waals surface area (Å²) in [5.74, 6) is 0.395. The summed E-state index contributed by atoms with van der Waals surface area (Å²) >= 11 is 0. The Kier molecular flexibility index (Phi) is 5.22. The maximum atomic E-state index is 13.0. The quantitative estimate of drug-likeness (QED) is 0.621. The minimum absolute atomic E-state index is 0.0639. The molecule has 0 radical (unpaired) electrons. The topological polar surface area (TPSA) is 94.2 Å². The van der Waals surface area contributed by atoms with E-state index in [0.717, 1.165) is 0 Å². The number of carbonyl (C=O) groups is 1. The van der Waals surface area contributed by atoms with E-state index in [0.29, 0.717) is 37.4 Å². The maximum Gasteiger partial charge on any atom is 0.309 e. The molecule has 3 aromatic rings. The minimum Gasteiger partial charge on any atom is -0.457 e. The second-order valence-electron chi connectivity index (χ2n) is 6.44. The molecule has 8 nitrogen and oxygen atoms in total. The first kappa shape index (κ1) is 18.0. The highest BCUT2D eigenvalue weighted by Crippen LogP contribution is 2.22. The van der Waals surface area contributed by atoms with Crippen molar-refractivity contribution in [2.24, 2.45) is 5.92 Å². The molecule has 0 saturated carbocycles. The lowest BCUT2D eigenvalue weighted by atomic mass is 9.97. The van der Waals surface area contributed by atoms with Gasteiger partial charge in [-0.2, -0.15) is 4.98 Å². The van der Waals surface area contributed by atoms with Crippen LogP contribution in [0.2, 0.25) is 0 Å². The average Bonchev–Trinajstić information content (AvgIpc) is 3.22. The third-order valence-electron chi connectivity index (χ3n) is 4.57. The lowest BCUT2D eigenvalue weighted by Gasteiger charge is -2.30. The fraction of sp³-hybridized carbons (Fsp3) is 0.316. The Morgan fingerprint density at radius 3 is 2.61 bits per heavy atom. The largest absolute Gasteiger partial charge is 0.457 e. The maximum absolute atomic E-state index is 13.0. The molecule has 1 aromatic carbocycles. The number of ether oxygens (including phenoxy) is 1. The number of esters is 1. The summed E-state index contributed by atoms with van der Waals surface area (Å²) in [5.41, 5.74) is 0.599. The Morgan fingerprint density at radius 2 is 1.89 bits per heavy atom. The predicted molar refractivity (Wildman–Crippen MR) is 96.5 cm³/mol. The molecule has 1 aliphatic rings. The molecule has 0 N–H and O–H groups in total. The summed E-state index contributed by atoms with van der Waals surface area (Å²) in [7, 11) is 0. The van der Waals surface area contributed by atoms with Crippen LogP contribution in [0.3, 0.4) is 0 Å². The van der Waals surface area contributed by atoms with Gasteiger partial charge in [0, 0.05) is 31.0 Å². The number of benzene rings is 1. The molecule has 0 amide bonds. The fourth-order valence-electron chi connectivity index (χ4n) is 3.05. The number of carbonyl (C=O) groups excluding carboxylic acids is 1. The molecule has 2 aromatic heterocycles. The van der Waals surface area contributed by atoms with Crippen LogP contribution < -0.4 is 4.90 Å². The van der Waals surface area contributed by atoms with E-state index < -0.39 is 0 Å². The summed E-state index contributed by atoms with van der Waals surface area (Å²) in [5, 5.41) is 3.80. The van der Waals surface area contributed by atoms with Crippen LogP contribution in [-0.2, 0) is 16.1 Å². The van der Waals surface area contributed by atoms with Crippen molar-refractivity contribution in [2.45, 2.75) is 19.4 Å². The van der Waals surface area contributed by atoms with Gasteiger partial charge in [-0.3, -0.25) is 4.79 Å². The van der Waals surface area contributed by atoms with Gasteiger partial charge >= 0.3 is 5.97 Å². The summed E-state index contributed by atoms with van der Waals surface area (Å²) in [6.07, 6.45) is 4.75. The van der Waals surface area contributed by atoms with Crippen molar-refractivity contribution in [3.63, 3.8) is 0 Å². The number of hydrogen-bond acceptors (Lipinski definition) is 8. The fourth-order valence-corrected chi connectivity index (χ4v) is 3.05. The number of piperidine rings is 1. The average molecular weight is 383 g/mol. The van der Waals surface area contributed by atoms with Gasteiger partial charge in [0.15, 0.2) is 6.61 Å². The van der Waals surface area contributed by atoms with E-state index in [9.17, 15) is 9.18 Å². The first-order valence-electron chi connectivity index (χ1n) is 8.96. The third-order valence-corrected chi connectivity index (χ3v) is 4.57. The van der Waals surface area contributed by atoms with Crippen LogP contribution in [0.5, 0.6) is 0 Å². The Bertz CT molecular complexity index is 924. The normalized spacial score (nSPS) is 14.8. The highest BCUT2D eigenvalue weighted by atomic mass is 19.1. The van der Waals surface area contributed by atoms with E-state index in [2.05, 4.69) is 25.0 Å². The number of halogens is 1. The van der Waals surface area contributed by atoms with Gasteiger partial charge in [0.25, 0.3) is 5.89 Å². The zero-order valence-corrected chi connectivity index (χ0v) is 15.0. The Morgan fingerprint density at radius 1 is 1.18 bits per heavy atom. The summed E-state index contributed by atoms with van der Waals surface area (Å²) < 4.78 is 23.5. The van der Waals surface area contributed by atoms with Crippen molar-refractivity contribution < 1.29 is 18.4 Å². The van der Waals surface area contributed by atoms with E-state index in [4.69, 9.17) is 9.26 Å². The van der Waals surface area contributed by atoms with Gasteiger partial charge < -0.3 is 14.2 Å². The first-order chi connectivity index (χ1) is 13.7. The monoisotopic (exact) mass is 383 g/mol. The molecular weight excluding hydrogens is 365 g/mol. The molecule has 0 aliphatic carbocycles. The second-order valence-corrected chi connectivity index (χ2v) is 6.44. The molecule has 0 spiro atoms. The van der Waals surface area contributed by atoms with Crippen molar-refractivity contribution in [3.8, 4) is 11.5 Å². The van der Waals surface area contributed by atoms with Gasteiger partial charge in [-0.25, -0.2) is 14.4 Å². The number of nitrogens with zero attached hydrogens (tertiary/aromatic N) is 5. The zero-order chi connectivity index (χ0) is 19.3. The lowest BCUT2D eigenvalue weighted by molar-refractivity contribution is -0.150. The van der Waals surface area contributed by atoms with Gasteiger partial charge in [-0.15, -0.1) is 0 Å². The molecule has 0 bridgehead atoms. The second kappa shape index (κ2) is 8.12. The lowest BCUT2D eigenvalue weighted by Crippen LogP contribution is -2.37. The number of rotatable bonds is 5. The first-order valence-corrected chi connectivity index (χ1v) is 8.96. The molecular formula is C19H18FN5O3. The summed E-state index contributed by atoms with van der Waals surface area (Å²) in [6.45, 7) is 1.33. The molecule has 1 aliphatic heterocycles. The van der Waals surface area contributed by atoms with Gasteiger partial charge in [-0.1, -0.05) is 5.16 Å². The van der Waals surface area contributed by atoms with Crippen LogP contribution >= 0.6 is 0 Å². The van der Waals surface area contributed by atoms with Crippen LogP contribution in [0.4, 0.5) is 10.3 Å². The van der Waals surface area contributed by atoms with E-state index in [-0.39, 0.29) is 36.0 Å². The smallest absolute Gasteiger partial charge is 0.309 e. The van der Waals surface area contributed by atoms with Crippen molar-refractivity contribution >= 4 is 11.9 Å². The molecule has 28 heavy (non-hydrogen) atoms. The Balaban J connectivity index is 1.28. The molecule has 144 valence electrons. The molecule has 4 rings (SSSR count). The van der Waals surface area contributed by atoms with E-state index in [1.807, 2.05) is 0 Å². The predicted octanol–water partition coefficient (Wildman–Crippen LogP) is 2.63. The van der Waals surface area contributed by atoms with Crippen LogP contribution in [0.1, 0.15) is 18.7 Å². The Labute approximate surface area is 160 Å². The zero-order valence-electron chi connectivity index (χ0n) is 15.0. The summed E-state index contributed by atoms with van der Waals surface area (Å²) in [6, 6.07) is 7.48. The van der Waals surface area contributed by atoms with Gasteiger partial charge in [0.05, 0.1) is 5.92 Å². The van der Waals surface area contributed by atoms with Gasteiger partial charge in [0.1, 0.15) is 5.82 Å². The van der Waals surface area contributed by atoms with Crippen LogP contribution in [0, 0.1) is 11.7 Å². The van der Waals surface area contributed by atoms with Gasteiger partial charge in [-0.05, 0) is 43.2 Å². The van der Waals surface area contributed by atoms with Crippen LogP contribution in [0.25, 0.3) is 11.5 Å². The Hall–Kier alpha value is -3.36. The van der Waals surface area contributed by atoms with E-state index in [1.165, 1.54) is 12.1 Å². The van der Waals surface area contributed by atoms with E-state index in [1.54, 1.807) is 30.6 Å². The third kappa shape index (κ3) is 4.13. The van der Waals surface area contributed by atoms with Crippen LogP contribution in [0.15, 0.2) is 47.2 Å². The minimum atomic E-state index is -0.345.